The second-order valence-corrected chi connectivity index (χ2v) is 9.02. The van der Waals surface area contributed by atoms with Gasteiger partial charge in [0.1, 0.15) is 11.4 Å². The highest BCUT2D eigenvalue weighted by molar-refractivity contribution is 7.90. The normalized spacial score (nSPS) is 23.4. The summed E-state index contributed by atoms with van der Waals surface area (Å²) in [5.41, 5.74) is 0.0887. The van der Waals surface area contributed by atoms with Crippen molar-refractivity contribution < 1.29 is 17.9 Å². The minimum atomic E-state index is -3.51. The first-order valence-electron chi connectivity index (χ1n) is 8.30. The van der Waals surface area contributed by atoms with Crippen molar-refractivity contribution in [1.82, 2.24) is 9.62 Å². The first kappa shape index (κ1) is 17.7. The minimum absolute atomic E-state index is 0.192. The summed E-state index contributed by atoms with van der Waals surface area (Å²) in [4.78, 5) is 18.5. The number of nitrogens with zero attached hydrogens (tertiary/aromatic N) is 2. The molecule has 2 aliphatic heterocycles. The lowest BCUT2D eigenvalue weighted by Gasteiger charge is -2.24. The first-order chi connectivity index (χ1) is 11.7. The number of carbonyl (C=O) groups excluding carboxylic acids is 1. The molecule has 2 aliphatic rings. The van der Waals surface area contributed by atoms with Gasteiger partial charge in [0.2, 0.25) is 0 Å². The summed E-state index contributed by atoms with van der Waals surface area (Å²) >= 11 is 0. The van der Waals surface area contributed by atoms with Crippen LogP contribution in [0.5, 0.6) is 0 Å². The zero-order chi connectivity index (χ0) is 18.2. The molecular formula is C17H23N3O4S. The molecule has 0 aromatic heterocycles. The molecule has 8 heteroatoms. The Morgan fingerprint density at radius 2 is 2.08 bits per heavy atom. The molecule has 1 N–H and O–H groups in total. The number of hydrogen-bond donors (Lipinski definition) is 1. The number of hydrogen-bond acceptors (Lipinski definition) is 5. The van der Waals surface area contributed by atoms with Crippen molar-refractivity contribution in [3.05, 3.63) is 29.8 Å². The summed E-state index contributed by atoms with van der Waals surface area (Å²) in [5.74, 6) is 0.573. The van der Waals surface area contributed by atoms with Crippen molar-refractivity contribution in [1.29, 1.82) is 0 Å². The third kappa shape index (κ3) is 3.95. The Kier molecular flexibility index (Phi) is 4.49. The number of likely N-dealkylation sites (tertiary alicyclic amines) is 1. The van der Waals surface area contributed by atoms with Gasteiger partial charge in [-0.1, -0.05) is 12.1 Å². The number of aliphatic imine (C=N–C) groups is 1. The summed E-state index contributed by atoms with van der Waals surface area (Å²) < 4.78 is 32.0. The minimum Gasteiger partial charge on any atom is -0.444 e. The maximum atomic E-state index is 12.1. The number of rotatable bonds is 2. The van der Waals surface area contributed by atoms with Crippen molar-refractivity contribution >= 4 is 22.0 Å². The molecule has 0 spiro atoms. The highest BCUT2D eigenvalue weighted by atomic mass is 32.2. The first-order valence-corrected chi connectivity index (χ1v) is 9.79. The molecular weight excluding hydrogens is 342 g/mol. The Labute approximate surface area is 148 Å². The maximum Gasteiger partial charge on any atom is 0.410 e. The molecule has 7 nitrogen and oxygen atoms in total. The van der Waals surface area contributed by atoms with Gasteiger partial charge >= 0.3 is 6.09 Å². The van der Waals surface area contributed by atoms with Crippen molar-refractivity contribution in [2.45, 2.75) is 37.7 Å². The monoisotopic (exact) mass is 365 g/mol. The molecule has 0 aliphatic carbocycles. The largest absolute Gasteiger partial charge is 0.444 e. The average molecular weight is 365 g/mol. The third-order valence-electron chi connectivity index (χ3n) is 4.11. The lowest BCUT2D eigenvalue weighted by Crippen LogP contribution is -2.35. The molecule has 1 aromatic rings. The Hall–Kier alpha value is -2.09. The number of carbonyl (C=O) groups is 1. The summed E-state index contributed by atoms with van der Waals surface area (Å²) in [6, 6.07) is 6.79. The van der Waals surface area contributed by atoms with Crippen LogP contribution in [-0.4, -0.2) is 50.5 Å². The van der Waals surface area contributed by atoms with Crippen molar-refractivity contribution in [2.75, 3.05) is 19.6 Å². The van der Waals surface area contributed by atoms with Gasteiger partial charge in [0.15, 0.2) is 0 Å². The lowest BCUT2D eigenvalue weighted by molar-refractivity contribution is 0.0289. The van der Waals surface area contributed by atoms with Gasteiger partial charge in [-0.2, -0.15) is 0 Å². The van der Waals surface area contributed by atoms with Gasteiger partial charge in [-0.3, -0.25) is 9.71 Å². The molecule has 0 bridgehead atoms. The molecule has 0 radical (unpaired) electrons. The second-order valence-electron chi connectivity index (χ2n) is 7.37. The fourth-order valence-corrected chi connectivity index (χ4v) is 4.20. The zero-order valence-electron chi connectivity index (χ0n) is 14.7. The van der Waals surface area contributed by atoms with E-state index in [-0.39, 0.29) is 16.9 Å². The number of amidine groups is 1. The second kappa shape index (κ2) is 6.33. The van der Waals surface area contributed by atoms with Crippen LogP contribution < -0.4 is 4.72 Å². The Morgan fingerprint density at radius 1 is 1.36 bits per heavy atom. The number of benzene rings is 1. The molecule has 0 saturated carbocycles. The number of amides is 1. The molecule has 1 amide bonds. The number of nitrogens with one attached hydrogen (secondary N) is 1. The van der Waals surface area contributed by atoms with Gasteiger partial charge in [0.05, 0.1) is 4.90 Å². The molecule has 25 heavy (non-hydrogen) atoms. The highest BCUT2D eigenvalue weighted by Crippen LogP contribution is 2.24. The van der Waals surface area contributed by atoms with E-state index in [1.54, 1.807) is 29.2 Å². The molecule has 1 saturated heterocycles. The molecule has 1 fully saturated rings. The number of fused-ring (bicyclic) bond motifs is 1. The molecule has 2 heterocycles. The van der Waals surface area contributed by atoms with E-state index in [1.807, 2.05) is 20.8 Å². The van der Waals surface area contributed by atoms with Gasteiger partial charge < -0.3 is 9.64 Å². The summed E-state index contributed by atoms with van der Waals surface area (Å²) in [6.07, 6.45) is 0.513. The summed E-state index contributed by atoms with van der Waals surface area (Å²) in [5, 5.41) is 0. The molecule has 1 atom stereocenters. The zero-order valence-corrected chi connectivity index (χ0v) is 15.5. The van der Waals surface area contributed by atoms with Gasteiger partial charge in [0, 0.05) is 25.2 Å². The van der Waals surface area contributed by atoms with E-state index in [4.69, 9.17) is 4.74 Å². The van der Waals surface area contributed by atoms with Crippen LogP contribution in [0.3, 0.4) is 0 Å². The van der Waals surface area contributed by atoms with Gasteiger partial charge in [0.25, 0.3) is 10.0 Å². The van der Waals surface area contributed by atoms with E-state index in [2.05, 4.69) is 9.71 Å². The van der Waals surface area contributed by atoms with Crippen LogP contribution in [-0.2, 0) is 14.8 Å². The lowest BCUT2D eigenvalue weighted by atomic mass is 10.1. The fraction of sp³-hybridized carbons (Fsp3) is 0.529. The third-order valence-corrected chi connectivity index (χ3v) is 5.50. The Bertz CT molecular complexity index is 811. The predicted molar refractivity (Wildman–Crippen MR) is 94.1 cm³/mol. The average Bonchev–Trinajstić information content (AvgIpc) is 3.07. The molecule has 136 valence electrons. The molecule has 3 rings (SSSR count). The summed E-state index contributed by atoms with van der Waals surface area (Å²) in [7, 11) is -3.51. The molecule has 0 unspecified atom stereocenters. The van der Waals surface area contributed by atoms with Crippen LogP contribution in [0.1, 0.15) is 32.8 Å². The highest BCUT2D eigenvalue weighted by Gasteiger charge is 2.32. The molecule has 1 aromatic carbocycles. The summed E-state index contributed by atoms with van der Waals surface area (Å²) in [6.45, 7) is 7.19. The van der Waals surface area contributed by atoms with Crippen molar-refractivity contribution in [3.63, 3.8) is 0 Å². The topological polar surface area (TPSA) is 88.1 Å². The van der Waals surface area contributed by atoms with Crippen LogP contribution in [0.25, 0.3) is 0 Å². The fourth-order valence-electron chi connectivity index (χ4n) is 2.95. The van der Waals surface area contributed by atoms with Gasteiger partial charge in [-0.05, 0) is 45.2 Å². The number of ether oxygens (including phenoxy) is 1. The quantitative estimate of drug-likeness (QED) is 0.868. The van der Waals surface area contributed by atoms with E-state index < -0.39 is 15.6 Å². The van der Waals surface area contributed by atoms with E-state index in [0.717, 1.165) is 6.42 Å². The predicted octanol–water partition coefficient (Wildman–Crippen LogP) is 1.98. The van der Waals surface area contributed by atoms with E-state index in [9.17, 15) is 13.2 Å². The van der Waals surface area contributed by atoms with Crippen molar-refractivity contribution in [2.24, 2.45) is 10.9 Å². The SMILES string of the molecule is CC(C)(C)OC(=O)N1CC[C@H](CN=C2NS(=O)(=O)c3ccccc32)C1. The van der Waals surface area contributed by atoms with Crippen LogP contribution in [0.2, 0.25) is 0 Å². The van der Waals surface area contributed by atoms with Crippen LogP contribution >= 0.6 is 0 Å². The Morgan fingerprint density at radius 3 is 2.80 bits per heavy atom. The van der Waals surface area contributed by atoms with E-state index in [0.29, 0.717) is 31.0 Å². The van der Waals surface area contributed by atoms with Gasteiger partial charge in [-0.15, -0.1) is 0 Å². The maximum absolute atomic E-state index is 12.1. The van der Waals surface area contributed by atoms with E-state index in [1.165, 1.54) is 0 Å². The van der Waals surface area contributed by atoms with E-state index >= 15 is 0 Å². The van der Waals surface area contributed by atoms with Gasteiger partial charge in [-0.25, -0.2) is 13.2 Å². The van der Waals surface area contributed by atoms with Crippen LogP contribution in [0, 0.1) is 5.92 Å². The standard InChI is InChI=1S/C17H23N3O4S/c1-17(2,3)24-16(21)20-9-8-12(11-20)10-18-15-13-6-4-5-7-14(13)25(22,23)19-15/h4-7,12H,8-11H2,1-3H3,(H,18,19)/t12-/m1/s1. The Balaban J connectivity index is 1.64. The van der Waals surface area contributed by atoms with Crippen LogP contribution in [0.4, 0.5) is 4.79 Å². The smallest absolute Gasteiger partial charge is 0.410 e. The van der Waals surface area contributed by atoms with Crippen LogP contribution in [0.15, 0.2) is 34.2 Å². The number of sulfonamides is 1. The van der Waals surface area contributed by atoms with Crippen molar-refractivity contribution in [3.8, 4) is 0 Å².